The summed E-state index contributed by atoms with van der Waals surface area (Å²) in [6.45, 7) is 1.79. The molecule has 0 aromatic heterocycles. The highest BCUT2D eigenvalue weighted by Crippen LogP contribution is 2.32. The summed E-state index contributed by atoms with van der Waals surface area (Å²) >= 11 is 0. The number of nitrogens with one attached hydrogen (secondary N) is 2. The normalized spacial score (nSPS) is 21.9. The Bertz CT molecular complexity index is 1240. The zero-order valence-electron chi connectivity index (χ0n) is 20.2. The van der Waals surface area contributed by atoms with Crippen molar-refractivity contribution in [2.24, 2.45) is 0 Å². The van der Waals surface area contributed by atoms with Crippen molar-refractivity contribution in [3.63, 3.8) is 0 Å². The van der Waals surface area contributed by atoms with Crippen molar-refractivity contribution >= 4 is 27.5 Å². The Hall–Kier alpha value is -3.18. The molecule has 1 saturated heterocycles. The van der Waals surface area contributed by atoms with E-state index in [2.05, 4.69) is 10.0 Å². The molecule has 0 unspecified atom stereocenters. The lowest BCUT2D eigenvalue weighted by atomic mass is 9.94. The van der Waals surface area contributed by atoms with Gasteiger partial charge in [-0.25, -0.2) is 12.8 Å². The fraction of sp³-hybridized carbons (Fsp3) is 0.440. The van der Waals surface area contributed by atoms with Crippen LogP contribution in [0.5, 0.6) is 5.75 Å². The zero-order chi connectivity index (χ0) is 25.9. The first kappa shape index (κ1) is 25.9. The Balaban J connectivity index is 1.40. The summed E-state index contributed by atoms with van der Waals surface area (Å²) in [5.41, 5.74) is 0.967. The second kappa shape index (κ2) is 10.8. The van der Waals surface area contributed by atoms with E-state index >= 15 is 0 Å². The van der Waals surface area contributed by atoms with Gasteiger partial charge in [0.1, 0.15) is 24.3 Å². The van der Waals surface area contributed by atoms with Crippen LogP contribution in [0.4, 0.5) is 10.1 Å². The van der Waals surface area contributed by atoms with Gasteiger partial charge in [0.05, 0.1) is 29.9 Å². The van der Waals surface area contributed by atoms with Gasteiger partial charge < -0.3 is 19.7 Å². The van der Waals surface area contributed by atoms with Crippen LogP contribution < -0.4 is 14.8 Å². The van der Waals surface area contributed by atoms with Crippen molar-refractivity contribution in [2.45, 2.75) is 51.0 Å². The van der Waals surface area contributed by atoms with Crippen LogP contribution in [0.2, 0.25) is 0 Å². The highest BCUT2D eigenvalue weighted by Gasteiger charge is 2.39. The van der Waals surface area contributed by atoms with Crippen LogP contribution >= 0.6 is 0 Å². The summed E-state index contributed by atoms with van der Waals surface area (Å²) in [5.74, 6) is -0.674. The van der Waals surface area contributed by atoms with E-state index in [9.17, 15) is 22.4 Å². The van der Waals surface area contributed by atoms with Gasteiger partial charge in [0.25, 0.3) is 5.91 Å². The molecular formula is C25H30FN3O6S. The second-order valence-corrected chi connectivity index (χ2v) is 11.0. The number of sulfonamides is 1. The highest BCUT2D eigenvalue weighted by molar-refractivity contribution is 7.92. The smallest absolute Gasteiger partial charge is 0.257 e. The Labute approximate surface area is 210 Å². The van der Waals surface area contributed by atoms with Crippen LogP contribution in [-0.4, -0.2) is 62.8 Å². The Kier molecular flexibility index (Phi) is 7.79. The molecule has 2 aliphatic rings. The molecule has 0 radical (unpaired) electrons. The largest absolute Gasteiger partial charge is 0.490 e. The standard InChI is InChI=1S/C25H30FN3O6S/c1-3-36(32,33)28-17-8-11-22-19(12-17)25(31)29(2)21-10-9-18(35-23(21)15-34-22)13-24(30)27-14-16-6-4-5-7-20(16)26/h4-8,11-12,18,21,23,28H,3,9-10,13-15H2,1-2H3,(H,27,30)/t18-,21-,23+/m0/s1. The van der Waals surface area contributed by atoms with Crippen molar-refractivity contribution in [1.29, 1.82) is 0 Å². The number of anilines is 1. The Morgan fingerprint density at radius 1 is 1.19 bits per heavy atom. The molecule has 0 saturated carbocycles. The first-order valence-corrected chi connectivity index (χ1v) is 13.5. The molecule has 2 aromatic rings. The summed E-state index contributed by atoms with van der Waals surface area (Å²) in [7, 11) is -1.81. The van der Waals surface area contributed by atoms with Gasteiger partial charge in [0.15, 0.2) is 0 Å². The topological polar surface area (TPSA) is 114 Å². The van der Waals surface area contributed by atoms with E-state index in [0.29, 0.717) is 29.8 Å². The fourth-order valence-electron chi connectivity index (χ4n) is 4.46. The van der Waals surface area contributed by atoms with Crippen molar-refractivity contribution in [1.82, 2.24) is 10.2 Å². The van der Waals surface area contributed by atoms with Crippen LogP contribution in [0.25, 0.3) is 0 Å². The predicted octanol–water partition coefficient (Wildman–Crippen LogP) is 2.67. The molecule has 9 nitrogen and oxygen atoms in total. The number of halogens is 1. The molecular weight excluding hydrogens is 489 g/mol. The number of carbonyl (C=O) groups is 2. The molecule has 11 heteroatoms. The average molecular weight is 520 g/mol. The third-order valence-corrected chi connectivity index (χ3v) is 7.82. The summed E-state index contributed by atoms with van der Waals surface area (Å²) in [6, 6.07) is 10.6. The molecule has 1 fully saturated rings. The van der Waals surface area contributed by atoms with E-state index in [1.165, 1.54) is 19.1 Å². The fourth-order valence-corrected chi connectivity index (χ4v) is 5.09. The van der Waals surface area contributed by atoms with E-state index in [1.54, 1.807) is 42.3 Å². The van der Waals surface area contributed by atoms with Gasteiger partial charge in [-0.1, -0.05) is 18.2 Å². The van der Waals surface area contributed by atoms with Crippen molar-refractivity contribution in [2.75, 3.05) is 24.1 Å². The minimum absolute atomic E-state index is 0.0855. The number of benzene rings is 2. The van der Waals surface area contributed by atoms with Crippen LogP contribution in [0.15, 0.2) is 42.5 Å². The van der Waals surface area contributed by atoms with Crippen LogP contribution in [0, 0.1) is 5.82 Å². The molecule has 2 amide bonds. The predicted molar refractivity (Wildman–Crippen MR) is 132 cm³/mol. The Morgan fingerprint density at radius 2 is 1.97 bits per heavy atom. The number of hydrogen-bond donors (Lipinski definition) is 2. The molecule has 36 heavy (non-hydrogen) atoms. The molecule has 2 N–H and O–H groups in total. The van der Waals surface area contributed by atoms with Gasteiger partial charge in [-0.05, 0) is 44.0 Å². The van der Waals surface area contributed by atoms with Crippen LogP contribution in [0.1, 0.15) is 42.1 Å². The quantitative estimate of drug-likeness (QED) is 0.582. The summed E-state index contributed by atoms with van der Waals surface area (Å²) < 4.78 is 52.2. The minimum atomic E-state index is -3.49. The molecule has 2 aromatic carbocycles. The number of likely N-dealkylation sites (N-methyl/N-ethyl adjacent to an activating group) is 1. The number of nitrogens with zero attached hydrogens (tertiary/aromatic N) is 1. The molecule has 2 heterocycles. The highest BCUT2D eigenvalue weighted by atomic mass is 32.2. The number of hydrogen-bond acceptors (Lipinski definition) is 6. The third kappa shape index (κ3) is 5.96. The maximum Gasteiger partial charge on any atom is 0.257 e. The maximum atomic E-state index is 13.8. The second-order valence-electron chi connectivity index (χ2n) is 8.96. The molecule has 0 bridgehead atoms. The lowest BCUT2D eigenvalue weighted by Gasteiger charge is -2.42. The minimum Gasteiger partial charge on any atom is -0.490 e. The lowest BCUT2D eigenvalue weighted by Crippen LogP contribution is -2.53. The summed E-state index contributed by atoms with van der Waals surface area (Å²) in [4.78, 5) is 27.3. The maximum absolute atomic E-state index is 13.8. The van der Waals surface area contributed by atoms with Gasteiger partial charge >= 0.3 is 0 Å². The van der Waals surface area contributed by atoms with E-state index in [0.717, 1.165) is 0 Å². The lowest BCUT2D eigenvalue weighted by molar-refractivity contribution is -0.134. The SMILES string of the molecule is CCS(=O)(=O)Nc1ccc2c(c1)C(=O)N(C)[C@H]1CC[C@@H](CC(=O)NCc3ccccc3F)O[C@@H]1CO2. The average Bonchev–Trinajstić information content (AvgIpc) is 2.86. The molecule has 3 atom stereocenters. The first-order chi connectivity index (χ1) is 17.2. The summed E-state index contributed by atoms with van der Waals surface area (Å²) in [6.07, 6.45) is 0.494. The first-order valence-electron chi connectivity index (χ1n) is 11.9. The summed E-state index contributed by atoms with van der Waals surface area (Å²) in [5, 5.41) is 2.73. The van der Waals surface area contributed by atoms with Crippen LogP contribution in [0.3, 0.4) is 0 Å². The number of rotatable bonds is 7. The molecule has 4 rings (SSSR count). The van der Waals surface area contributed by atoms with Gasteiger partial charge in [0, 0.05) is 24.8 Å². The van der Waals surface area contributed by atoms with E-state index in [4.69, 9.17) is 9.47 Å². The number of carbonyl (C=O) groups excluding carboxylic acids is 2. The van der Waals surface area contributed by atoms with Crippen molar-refractivity contribution in [3.05, 3.63) is 59.4 Å². The van der Waals surface area contributed by atoms with E-state index in [-0.39, 0.29) is 60.7 Å². The van der Waals surface area contributed by atoms with E-state index < -0.39 is 16.1 Å². The van der Waals surface area contributed by atoms with Gasteiger partial charge in [0.2, 0.25) is 15.9 Å². The number of amides is 2. The van der Waals surface area contributed by atoms with Crippen molar-refractivity contribution < 1.29 is 31.9 Å². The number of fused-ring (bicyclic) bond motifs is 2. The molecule has 194 valence electrons. The third-order valence-electron chi connectivity index (χ3n) is 6.51. The number of ether oxygens (including phenoxy) is 2. The zero-order valence-corrected chi connectivity index (χ0v) is 21.0. The van der Waals surface area contributed by atoms with E-state index in [1.807, 2.05) is 0 Å². The van der Waals surface area contributed by atoms with Crippen molar-refractivity contribution in [3.8, 4) is 5.75 Å². The van der Waals surface area contributed by atoms with Gasteiger partial charge in [-0.2, -0.15) is 0 Å². The molecule has 0 spiro atoms. The van der Waals surface area contributed by atoms with Gasteiger partial charge in [-0.3, -0.25) is 14.3 Å². The van der Waals surface area contributed by atoms with Gasteiger partial charge in [-0.15, -0.1) is 0 Å². The molecule has 2 aliphatic heterocycles. The monoisotopic (exact) mass is 519 g/mol. The molecule has 0 aliphatic carbocycles. The van der Waals surface area contributed by atoms with Crippen LogP contribution in [-0.2, 0) is 26.1 Å². The Morgan fingerprint density at radius 3 is 2.72 bits per heavy atom.